The molecule has 1 saturated heterocycles. The highest BCUT2D eigenvalue weighted by Gasteiger charge is 2.28. The third-order valence-electron chi connectivity index (χ3n) is 5.33. The minimum Gasteiger partial charge on any atom is -0.344 e. The van der Waals surface area contributed by atoms with Crippen molar-refractivity contribution in [1.29, 1.82) is 0 Å². The van der Waals surface area contributed by atoms with E-state index in [2.05, 4.69) is 58.1 Å². The van der Waals surface area contributed by atoms with Gasteiger partial charge in [0.15, 0.2) is 0 Å². The van der Waals surface area contributed by atoms with Gasteiger partial charge in [0.25, 0.3) is 0 Å². The third kappa shape index (κ3) is 3.88. The molecule has 0 spiro atoms. The molecule has 1 fully saturated rings. The molecule has 1 N–H and O–H groups in total. The second-order valence-corrected chi connectivity index (χ2v) is 7.49. The summed E-state index contributed by atoms with van der Waals surface area (Å²) in [5, 5.41) is 9.99. The highest BCUT2D eigenvalue weighted by atomic mass is 15.2. The number of nitrogens with zero attached hydrogens (tertiary/aromatic N) is 4. The van der Waals surface area contributed by atoms with Crippen molar-refractivity contribution in [2.45, 2.75) is 19.8 Å². The van der Waals surface area contributed by atoms with E-state index in [0.29, 0.717) is 5.92 Å². The molecule has 2 aromatic heterocycles. The number of anilines is 1. The first-order valence-electron chi connectivity index (χ1n) is 9.69. The van der Waals surface area contributed by atoms with E-state index in [1.54, 1.807) is 0 Å². The second kappa shape index (κ2) is 7.53. The molecule has 1 aliphatic rings. The van der Waals surface area contributed by atoms with Gasteiger partial charge in [0.05, 0.1) is 6.20 Å². The highest BCUT2D eigenvalue weighted by molar-refractivity contribution is 5.88. The summed E-state index contributed by atoms with van der Waals surface area (Å²) in [5.41, 5.74) is 3.35. The van der Waals surface area contributed by atoms with Crippen molar-refractivity contribution in [2.75, 3.05) is 25.0 Å². The fourth-order valence-electron chi connectivity index (χ4n) is 3.58. The lowest BCUT2D eigenvalue weighted by atomic mass is 9.96. The molecule has 4 rings (SSSR count). The quantitative estimate of drug-likeness (QED) is 0.682. The molecule has 1 aliphatic heterocycles. The van der Waals surface area contributed by atoms with Gasteiger partial charge in [-0.05, 0) is 36.0 Å². The first-order valence-corrected chi connectivity index (χ1v) is 9.69. The molecule has 5 nitrogen and oxygen atoms in total. The van der Waals surface area contributed by atoms with Gasteiger partial charge in [-0.2, -0.15) is 5.10 Å². The normalized spacial score (nSPS) is 15.0. The highest BCUT2D eigenvalue weighted by Crippen LogP contribution is 2.27. The number of rotatable bonds is 7. The van der Waals surface area contributed by atoms with Crippen molar-refractivity contribution in [3.05, 3.63) is 55.1 Å². The molecule has 140 valence electrons. The van der Waals surface area contributed by atoms with E-state index in [-0.39, 0.29) is 0 Å². The lowest BCUT2D eigenvalue weighted by molar-refractivity contribution is 0.123. The maximum absolute atomic E-state index is 4.56. The molecule has 5 heteroatoms. The Bertz CT molecular complexity index is 952. The van der Waals surface area contributed by atoms with Gasteiger partial charge < -0.3 is 10.2 Å². The summed E-state index contributed by atoms with van der Waals surface area (Å²) in [4.78, 5) is 7.06. The van der Waals surface area contributed by atoms with Crippen LogP contribution in [0.15, 0.2) is 55.1 Å². The maximum atomic E-state index is 4.56. The number of hydrogen-bond donors (Lipinski definition) is 1. The van der Waals surface area contributed by atoms with Gasteiger partial charge in [-0.1, -0.05) is 32.1 Å². The zero-order chi connectivity index (χ0) is 18.8. The lowest BCUT2D eigenvalue weighted by Gasteiger charge is -2.40. The molecule has 0 saturated carbocycles. The van der Waals surface area contributed by atoms with E-state index < -0.39 is 0 Å². The number of aryl methyl sites for hydroxylation is 1. The van der Waals surface area contributed by atoms with Gasteiger partial charge in [0.1, 0.15) is 5.82 Å². The van der Waals surface area contributed by atoms with E-state index in [1.165, 1.54) is 24.8 Å². The van der Waals surface area contributed by atoms with Crippen LogP contribution in [0.2, 0.25) is 0 Å². The van der Waals surface area contributed by atoms with E-state index in [1.807, 2.05) is 30.3 Å². The topological polar surface area (TPSA) is 46.0 Å². The van der Waals surface area contributed by atoms with Crippen molar-refractivity contribution in [1.82, 2.24) is 19.7 Å². The van der Waals surface area contributed by atoms with Gasteiger partial charge >= 0.3 is 0 Å². The maximum Gasteiger partial charge on any atom is 0.130 e. The number of pyridine rings is 1. The summed E-state index contributed by atoms with van der Waals surface area (Å²) < 4.78 is 1.82. The summed E-state index contributed by atoms with van der Waals surface area (Å²) in [6.45, 7) is 9.89. The average Bonchev–Trinajstić information content (AvgIpc) is 3.06. The van der Waals surface area contributed by atoms with Gasteiger partial charge in [0, 0.05) is 55.1 Å². The summed E-state index contributed by atoms with van der Waals surface area (Å²) in [6.07, 6.45) is 8.38. The molecule has 0 aliphatic carbocycles. The Morgan fingerprint density at radius 2 is 2.04 bits per heavy atom. The zero-order valence-electron chi connectivity index (χ0n) is 16.2. The monoisotopic (exact) mass is 361 g/mol. The molecule has 0 bridgehead atoms. The molecule has 27 heavy (non-hydrogen) atoms. The minimum absolute atomic E-state index is 0.515. The number of benzene rings is 1. The summed E-state index contributed by atoms with van der Waals surface area (Å²) in [6, 6.07) is 8.53. The smallest absolute Gasteiger partial charge is 0.130 e. The Kier molecular flexibility index (Phi) is 4.94. The van der Waals surface area contributed by atoms with E-state index in [0.717, 1.165) is 41.1 Å². The number of unbranched alkanes of at least 4 members (excludes halogenated alkanes) is 1. The fourth-order valence-corrected chi connectivity index (χ4v) is 3.58. The van der Waals surface area contributed by atoms with E-state index in [9.17, 15) is 0 Å². The minimum atomic E-state index is 0.515. The Morgan fingerprint density at radius 1 is 1.19 bits per heavy atom. The molecule has 0 unspecified atom stereocenters. The molecule has 3 heterocycles. The Labute approximate surface area is 160 Å². The van der Waals surface area contributed by atoms with Crippen LogP contribution in [0.5, 0.6) is 0 Å². The molecule has 0 atom stereocenters. The Balaban J connectivity index is 1.45. The van der Waals surface area contributed by atoms with E-state index in [4.69, 9.17) is 0 Å². The van der Waals surface area contributed by atoms with Gasteiger partial charge in [-0.15, -0.1) is 0 Å². The first kappa shape index (κ1) is 17.7. The van der Waals surface area contributed by atoms with E-state index >= 15 is 0 Å². The van der Waals surface area contributed by atoms with Crippen molar-refractivity contribution in [3.63, 3.8) is 0 Å². The van der Waals surface area contributed by atoms with Gasteiger partial charge in [-0.3, -0.25) is 4.68 Å². The standard InChI is InChI=1S/C22H27N5/c1-4-5-8-27-14-21(15-27)16(2)25-22-10-19-9-17(6-7-18(19)11-23-22)20-12-24-26(3)13-20/h6-7,9-13,21H,2,4-5,8,14-15H2,1,3H3,(H,23,25). The van der Waals surface area contributed by atoms with Crippen LogP contribution in [0.3, 0.4) is 0 Å². The van der Waals surface area contributed by atoms with Crippen LogP contribution in [0.1, 0.15) is 19.8 Å². The van der Waals surface area contributed by atoms with Crippen LogP contribution in [-0.4, -0.2) is 39.3 Å². The van der Waals surface area contributed by atoms with Crippen LogP contribution >= 0.6 is 0 Å². The molecule has 1 aromatic carbocycles. The zero-order valence-corrected chi connectivity index (χ0v) is 16.2. The number of nitrogens with one attached hydrogen (secondary N) is 1. The first-order chi connectivity index (χ1) is 13.1. The van der Waals surface area contributed by atoms with Crippen LogP contribution in [0.4, 0.5) is 5.82 Å². The van der Waals surface area contributed by atoms with Crippen molar-refractivity contribution in [2.24, 2.45) is 13.0 Å². The fraction of sp³-hybridized carbons (Fsp3) is 0.364. The average molecular weight is 361 g/mol. The second-order valence-electron chi connectivity index (χ2n) is 7.49. The number of hydrogen-bond acceptors (Lipinski definition) is 4. The lowest BCUT2D eigenvalue weighted by Crippen LogP contribution is -2.48. The summed E-state index contributed by atoms with van der Waals surface area (Å²) in [7, 11) is 1.94. The predicted molar refractivity (Wildman–Crippen MR) is 112 cm³/mol. The number of aromatic nitrogens is 3. The Hall–Kier alpha value is -2.66. The molecule has 0 radical (unpaired) electrons. The third-order valence-corrected chi connectivity index (χ3v) is 5.33. The molecule has 3 aromatic rings. The summed E-state index contributed by atoms with van der Waals surface area (Å²) in [5.74, 6) is 1.38. The predicted octanol–water partition coefficient (Wildman–Crippen LogP) is 4.29. The molecular formula is C22H27N5. The van der Waals surface area contributed by atoms with Crippen LogP contribution in [0.25, 0.3) is 21.9 Å². The van der Waals surface area contributed by atoms with Crippen LogP contribution in [0, 0.1) is 5.92 Å². The SMILES string of the molecule is C=C(Nc1cc2cc(-c3cnn(C)c3)ccc2cn1)C1CN(CCCC)C1. The molecule has 0 amide bonds. The van der Waals surface area contributed by atoms with Crippen molar-refractivity contribution >= 4 is 16.6 Å². The van der Waals surface area contributed by atoms with Crippen molar-refractivity contribution in [3.8, 4) is 11.1 Å². The molecular weight excluding hydrogens is 334 g/mol. The number of fused-ring (bicyclic) bond motifs is 1. The summed E-state index contributed by atoms with van der Waals surface area (Å²) >= 11 is 0. The van der Waals surface area contributed by atoms with Crippen LogP contribution < -0.4 is 5.32 Å². The van der Waals surface area contributed by atoms with Crippen LogP contribution in [-0.2, 0) is 7.05 Å². The van der Waals surface area contributed by atoms with Gasteiger partial charge in [-0.25, -0.2) is 4.98 Å². The Morgan fingerprint density at radius 3 is 2.78 bits per heavy atom. The number of likely N-dealkylation sites (tertiary alicyclic amines) is 1. The largest absolute Gasteiger partial charge is 0.344 e. The van der Waals surface area contributed by atoms with Crippen molar-refractivity contribution < 1.29 is 0 Å². The van der Waals surface area contributed by atoms with Gasteiger partial charge in [0.2, 0.25) is 0 Å².